The summed E-state index contributed by atoms with van der Waals surface area (Å²) in [4.78, 5) is 20.3. The number of carbonyl (C=O) groups excluding carboxylic acids is 1. The van der Waals surface area contributed by atoms with Gasteiger partial charge in [-0.1, -0.05) is 6.07 Å². The molecule has 2 aromatic heterocycles. The summed E-state index contributed by atoms with van der Waals surface area (Å²) in [6.07, 6.45) is 1.54. The van der Waals surface area contributed by atoms with Crippen molar-refractivity contribution in [1.29, 1.82) is 0 Å². The van der Waals surface area contributed by atoms with Gasteiger partial charge in [-0.25, -0.2) is 9.37 Å². The summed E-state index contributed by atoms with van der Waals surface area (Å²) in [5.41, 5.74) is 1.36. The van der Waals surface area contributed by atoms with Crippen molar-refractivity contribution < 1.29 is 13.9 Å². The van der Waals surface area contributed by atoms with Crippen LogP contribution in [-0.4, -0.2) is 23.0 Å². The fourth-order valence-electron chi connectivity index (χ4n) is 1.99. The Bertz CT molecular complexity index is 836. The van der Waals surface area contributed by atoms with Gasteiger partial charge in [0.15, 0.2) is 5.13 Å². The highest BCUT2D eigenvalue weighted by Gasteiger charge is 2.13. The molecule has 0 aliphatic heterocycles. The van der Waals surface area contributed by atoms with Gasteiger partial charge < -0.3 is 4.74 Å². The molecule has 0 aliphatic carbocycles. The van der Waals surface area contributed by atoms with Gasteiger partial charge in [-0.2, -0.15) is 0 Å². The summed E-state index contributed by atoms with van der Waals surface area (Å²) < 4.78 is 18.7. The van der Waals surface area contributed by atoms with E-state index in [0.29, 0.717) is 27.8 Å². The maximum Gasteiger partial charge on any atom is 0.276 e. The van der Waals surface area contributed by atoms with E-state index in [9.17, 15) is 9.18 Å². The van der Waals surface area contributed by atoms with Gasteiger partial charge in [-0.05, 0) is 30.3 Å². The van der Waals surface area contributed by atoms with Crippen molar-refractivity contribution in [2.45, 2.75) is 0 Å². The highest BCUT2D eigenvalue weighted by molar-refractivity contribution is 7.14. The minimum absolute atomic E-state index is 0.299. The van der Waals surface area contributed by atoms with Crippen molar-refractivity contribution in [2.24, 2.45) is 0 Å². The van der Waals surface area contributed by atoms with Gasteiger partial charge >= 0.3 is 0 Å². The van der Waals surface area contributed by atoms with Crippen molar-refractivity contribution >= 4 is 22.4 Å². The molecule has 1 aromatic carbocycles. The number of rotatable bonds is 4. The zero-order valence-electron chi connectivity index (χ0n) is 12.1. The molecule has 0 bridgehead atoms. The lowest BCUT2D eigenvalue weighted by Gasteiger charge is -2.05. The number of methoxy groups -OCH3 is 1. The molecule has 2 heterocycles. The van der Waals surface area contributed by atoms with Crippen molar-refractivity contribution in [2.75, 3.05) is 12.4 Å². The van der Waals surface area contributed by atoms with Crippen LogP contribution in [0, 0.1) is 5.82 Å². The summed E-state index contributed by atoms with van der Waals surface area (Å²) in [6.45, 7) is 0. The molecule has 0 saturated carbocycles. The van der Waals surface area contributed by atoms with E-state index < -0.39 is 0 Å². The quantitative estimate of drug-likeness (QED) is 0.794. The summed E-state index contributed by atoms with van der Waals surface area (Å²) in [6, 6.07) is 9.27. The van der Waals surface area contributed by atoms with Crippen LogP contribution >= 0.6 is 11.3 Å². The number of thiazole rings is 1. The predicted octanol–water partition coefficient (Wildman–Crippen LogP) is 3.61. The number of aromatic nitrogens is 2. The Kier molecular flexibility index (Phi) is 4.29. The van der Waals surface area contributed by atoms with Crippen molar-refractivity contribution in [3.63, 3.8) is 0 Å². The third kappa shape index (κ3) is 3.35. The highest BCUT2D eigenvalue weighted by atomic mass is 32.1. The molecule has 0 fully saturated rings. The minimum Gasteiger partial charge on any atom is -0.496 e. The molecule has 116 valence electrons. The first kappa shape index (κ1) is 15.1. The van der Waals surface area contributed by atoms with Crippen LogP contribution in [0.25, 0.3) is 11.3 Å². The largest absolute Gasteiger partial charge is 0.496 e. The second kappa shape index (κ2) is 6.53. The first-order chi connectivity index (χ1) is 11.2. The summed E-state index contributed by atoms with van der Waals surface area (Å²) in [7, 11) is 1.51. The molecule has 3 rings (SSSR count). The number of nitrogens with one attached hydrogen (secondary N) is 1. The number of benzene rings is 1. The van der Waals surface area contributed by atoms with Crippen LogP contribution in [0.15, 0.2) is 48.0 Å². The van der Waals surface area contributed by atoms with Gasteiger partial charge in [0.1, 0.15) is 17.3 Å². The first-order valence-electron chi connectivity index (χ1n) is 6.69. The first-order valence-corrected chi connectivity index (χ1v) is 7.57. The topological polar surface area (TPSA) is 64.1 Å². The fourth-order valence-corrected chi connectivity index (χ4v) is 2.70. The van der Waals surface area contributed by atoms with Gasteiger partial charge in [0.2, 0.25) is 0 Å². The van der Waals surface area contributed by atoms with Gasteiger partial charge in [0.25, 0.3) is 5.91 Å². The maximum absolute atomic E-state index is 13.4. The lowest BCUT2D eigenvalue weighted by Crippen LogP contribution is -2.13. The number of ether oxygens (including phenoxy) is 1. The molecule has 0 aliphatic rings. The van der Waals surface area contributed by atoms with Crippen LogP contribution in [0.2, 0.25) is 0 Å². The van der Waals surface area contributed by atoms with Crippen LogP contribution in [0.5, 0.6) is 5.75 Å². The van der Waals surface area contributed by atoms with E-state index >= 15 is 0 Å². The Morgan fingerprint density at radius 3 is 2.91 bits per heavy atom. The number of hydrogen-bond donors (Lipinski definition) is 1. The number of anilines is 1. The van der Waals surface area contributed by atoms with Crippen molar-refractivity contribution in [1.82, 2.24) is 9.97 Å². The van der Waals surface area contributed by atoms with Crippen molar-refractivity contribution in [3.8, 4) is 17.0 Å². The van der Waals surface area contributed by atoms with E-state index in [2.05, 4.69) is 15.3 Å². The Hall–Kier alpha value is -2.80. The van der Waals surface area contributed by atoms with E-state index in [1.165, 1.54) is 36.6 Å². The predicted molar refractivity (Wildman–Crippen MR) is 86.3 cm³/mol. The molecule has 23 heavy (non-hydrogen) atoms. The van der Waals surface area contributed by atoms with Crippen LogP contribution < -0.4 is 10.1 Å². The number of pyridine rings is 1. The molecule has 7 heteroatoms. The smallest absolute Gasteiger partial charge is 0.276 e. The SMILES string of the molecule is COc1ccc(F)cc1-c1csc(NC(=O)c2ccccn2)n1. The van der Waals surface area contributed by atoms with Crippen LogP contribution in [-0.2, 0) is 0 Å². The van der Waals surface area contributed by atoms with Crippen LogP contribution in [0.3, 0.4) is 0 Å². The molecule has 1 amide bonds. The lowest BCUT2D eigenvalue weighted by molar-refractivity contribution is 0.102. The Balaban J connectivity index is 1.84. The van der Waals surface area contributed by atoms with E-state index in [-0.39, 0.29) is 11.7 Å². The standard InChI is InChI=1S/C16H12FN3O2S/c1-22-14-6-5-10(17)8-11(14)13-9-23-16(19-13)20-15(21)12-4-2-3-7-18-12/h2-9H,1H3,(H,19,20,21). The normalized spacial score (nSPS) is 10.3. The van der Waals surface area contributed by atoms with Gasteiger partial charge in [0.05, 0.1) is 12.8 Å². The zero-order valence-corrected chi connectivity index (χ0v) is 12.9. The van der Waals surface area contributed by atoms with Crippen LogP contribution in [0.1, 0.15) is 10.5 Å². The Labute approximate surface area is 135 Å². The summed E-state index contributed by atoms with van der Waals surface area (Å²) in [5.74, 6) is -0.218. The zero-order chi connectivity index (χ0) is 16.2. The molecule has 0 spiro atoms. The van der Waals surface area contributed by atoms with Gasteiger partial charge in [-0.3, -0.25) is 15.1 Å². The Morgan fingerprint density at radius 2 is 2.17 bits per heavy atom. The second-order valence-electron chi connectivity index (χ2n) is 4.55. The number of amides is 1. The molecule has 0 atom stereocenters. The van der Waals surface area contributed by atoms with Crippen LogP contribution in [0.4, 0.5) is 9.52 Å². The third-order valence-corrected chi connectivity index (χ3v) is 3.82. The summed E-state index contributed by atoms with van der Waals surface area (Å²) in [5, 5.41) is 4.80. The lowest BCUT2D eigenvalue weighted by atomic mass is 10.1. The van der Waals surface area contributed by atoms with Crippen molar-refractivity contribution in [3.05, 3.63) is 59.5 Å². The van der Waals surface area contributed by atoms with E-state index in [0.717, 1.165) is 0 Å². The maximum atomic E-state index is 13.4. The fraction of sp³-hybridized carbons (Fsp3) is 0.0625. The van der Waals surface area contributed by atoms with E-state index in [1.54, 1.807) is 29.8 Å². The van der Waals surface area contributed by atoms with Gasteiger partial charge in [-0.15, -0.1) is 11.3 Å². The average molecular weight is 329 g/mol. The number of hydrogen-bond acceptors (Lipinski definition) is 5. The monoisotopic (exact) mass is 329 g/mol. The molecule has 3 aromatic rings. The van der Waals surface area contributed by atoms with Gasteiger partial charge in [0, 0.05) is 17.1 Å². The second-order valence-corrected chi connectivity index (χ2v) is 5.41. The van der Waals surface area contributed by atoms with E-state index in [4.69, 9.17) is 4.74 Å². The molecule has 0 radical (unpaired) electrons. The highest BCUT2D eigenvalue weighted by Crippen LogP contribution is 2.32. The number of halogens is 1. The molecular weight excluding hydrogens is 317 g/mol. The molecule has 0 saturated heterocycles. The summed E-state index contributed by atoms with van der Waals surface area (Å²) >= 11 is 1.24. The minimum atomic E-state index is -0.382. The molecular formula is C16H12FN3O2S. The molecule has 0 unspecified atom stereocenters. The number of carbonyl (C=O) groups is 1. The molecule has 1 N–H and O–H groups in total. The third-order valence-electron chi connectivity index (χ3n) is 3.06. The Morgan fingerprint density at radius 1 is 1.30 bits per heavy atom. The number of nitrogens with zero attached hydrogens (tertiary/aromatic N) is 2. The van der Waals surface area contributed by atoms with E-state index in [1.807, 2.05) is 0 Å². The molecule has 5 nitrogen and oxygen atoms in total. The average Bonchev–Trinajstić information content (AvgIpc) is 3.04.